The zero-order valence-corrected chi connectivity index (χ0v) is 25.3. The molecule has 0 radical (unpaired) electrons. The van der Waals surface area contributed by atoms with Crippen LogP contribution >= 0.6 is 23.5 Å². The monoisotopic (exact) mass is 653 g/mol. The average Bonchev–Trinajstić information content (AvgIpc) is 3.37. The first-order valence-corrected chi connectivity index (χ1v) is 16.1. The van der Waals surface area contributed by atoms with Crippen molar-refractivity contribution in [1.29, 1.82) is 0 Å². The molecule has 1 aromatic heterocycles. The molecule has 3 aromatic carbocycles. The van der Waals surface area contributed by atoms with Crippen LogP contribution in [0.5, 0.6) is 11.5 Å². The Morgan fingerprint density at radius 3 is 2.26 bits per heavy atom. The summed E-state index contributed by atoms with van der Waals surface area (Å²) in [6, 6.07) is 12.9. The second kappa shape index (κ2) is 14.2. The van der Waals surface area contributed by atoms with Crippen LogP contribution in [0.15, 0.2) is 70.8 Å². The number of thioether (sulfide) groups is 2. The fraction of sp³-hybridized carbons (Fsp3) is 0.214. The molecule has 0 saturated heterocycles. The summed E-state index contributed by atoms with van der Waals surface area (Å²) in [6.45, 7) is -0.433. The van der Waals surface area contributed by atoms with E-state index < -0.39 is 45.8 Å². The highest BCUT2D eigenvalue weighted by Gasteiger charge is 2.19. The molecule has 4 aromatic rings. The molecule has 0 bridgehead atoms. The van der Waals surface area contributed by atoms with Crippen molar-refractivity contribution in [2.75, 3.05) is 26.5 Å². The quantitative estimate of drug-likeness (QED) is 0.142. The van der Waals surface area contributed by atoms with Crippen molar-refractivity contribution >= 4 is 39.5 Å². The number of benzene rings is 3. The maximum Gasteiger partial charge on any atom is 0.266 e. The minimum Gasteiger partial charge on any atom is -0.493 e. The van der Waals surface area contributed by atoms with Gasteiger partial charge in [0.25, 0.3) is 16.0 Å². The number of halogens is 3. The van der Waals surface area contributed by atoms with Gasteiger partial charge < -0.3 is 14.8 Å². The Kier molecular flexibility index (Phi) is 10.7. The smallest absolute Gasteiger partial charge is 0.266 e. The third-order valence-electron chi connectivity index (χ3n) is 6.02. The highest BCUT2D eigenvalue weighted by atomic mass is 32.2. The summed E-state index contributed by atoms with van der Waals surface area (Å²) in [6.07, 6.45) is 1.63. The van der Waals surface area contributed by atoms with E-state index >= 15 is 0 Å². The third-order valence-corrected chi connectivity index (χ3v) is 8.75. The van der Waals surface area contributed by atoms with Gasteiger partial charge in [0.15, 0.2) is 16.7 Å². The maximum atomic E-state index is 14.9. The molecule has 0 fully saturated rings. The van der Waals surface area contributed by atoms with E-state index in [4.69, 9.17) is 14.0 Å². The lowest BCUT2D eigenvalue weighted by Crippen LogP contribution is -2.29. The Balaban J connectivity index is 1.54. The van der Waals surface area contributed by atoms with E-state index in [1.54, 1.807) is 43.2 Å². The van der Waals surface area contributed by atoms with Crippen LogP contribution in [0.3, 0.4) is 0 Å². The summed E-state index contributed by atoms with van der Waals surface area (Å²) in [5, 5.41) is 2.59. The molecule has 43 heavy (non-hydrogen) atoms. The van der Waals surface area contributed by atoms with E-state index in [2.05, 4.69) is 10.3 Å². The number of aromatic nitrogens is 2. The molecule has 4 rings (SSSR count). The van der Waals surface area contributed by atoms with Crippen LogP contribution in [-0.4, -0.2) is 54.9 Å². The summed E-state index contributed by atoms with van der Waals surface area (Å²) in [7, 11) is -1.22. The van der Waals surface area contributed by atoms with Gasteiger partial charge in [0, 0.05) is 39.8 Å². The molecule has 0 aliphatic rings. The zero-order valence-electron chi connectivity index (χ0n) is 22.8. The largest absolute Gasteiger partial charge is 0.493 e. The third kappa shape index (κ3) is 8.46. The maximum absolute atomic E-state index is 14.9. The lowest BCUT2D eigenvalue weighted by atomic mass is 10.1. The van der Waals surface area contributed by atoms with E-state index in [-0.39, 0.29) is 16.9 Å². The van der Waals surface area contributed by atoms with Crippen LogP contribution in [0.25, 0.3) is 5.69 Å². The topological polar surface area (TPSA) is 120 Å². The lowest BCUT2D eigenvalue weighted by molar-refractivity contribution is 0.0955. The second-order valence-corrected chi connectivity index (χ2v) is 12.5. The fourth-order valence-corrected chi connectivity index (χ4v) is 6.17. The number of imidazole rings is 1. The van der Waals surface area contributed by atoms with Crippen molar-refractivity contribution in [3.05, 3.63) is 95.1 Å². The summed E-state index contributed by atoms with van der Waals surface area (Å²) in [5.74, 6) is -2.59. The molecular weight excluding hydrogens is 628 g/mol. The lowest BCUT2D eigenvalue weighted by Gasteiger charge is -2.13. The first-order valence-electron chi connectivity index (χ1n) is 12.5. The normalized spacial score (nSPS) is 11.4. The van der Waals surface area contributed by atoms with Crippen molar-refractivity contribution < 1.29 is 40.4 Å². The van der Waals surface area contributed by atoms with E-state index in [9.17, 15) is 26.4 Å². The van der Waals surface area contributed by atoms with Crippen molar-refractivity contribution in [1.82, 2.24) is 14.9 Å². The van der Waals surface area contributed by atoms with Crippen molar-refractivity contribution in [3.8, 4) is 17.2 Å². The Morgan fingerprint density at radius 1 is 0.953 bits per heavy atom. The molecule has 0 spiro atoms. The molecule has 1 amide bonds. The number of carbonyl (C=O) groups is 1. The molecule has 2 N–H and O–H groups in total. The van der Waals surface area contributed by atoms with Gasteiger partial charge >= 0.3 is 0 Å². The highest BCUT2D eigenvalue weighted by Crippen LogP contribution is 2.35. The molecule has 0 saturated carbocycles. The predicted molar refractivity (Wildman–Crippen MR) is 157 cm³/mol. The van der Waals surface area contributed by atoms with Crippen molar-refractivity contribution in [2.24, 2.45) is 0 Å². The Bertz CT molecular complexity index is 1690. The molecule has 15 heteroatoms. The van der Waals surface area contributed by atoms with E-state index in [0.717, 1.165) is 34.5 Å². The summed E-state index contributed by atoms with van der Waals surface area (Å²) < 4.78 is 86.4. The van der Waals surface area contributed by atoms with Gasteiger partial charge in [0.1, 0.15) is 17.5 Å². The highest BCUT2D eigenvalue weighted by molar-refractivity contribution is 7.98. The number of amides is 1. The van der Waals surface area contributed by atoms with E-state index in [1.165, 1.54) is 23.9 Å². The number of ether oxygens (including phenoxy) is 2. The van der Waals surface area contributed by atoms with Crippen LogP contribution in [0.1, 0.15) is 21.6 Å². The minimum absolute atomic E-state index is 0.178. The molecule has 0 unspecified atom stereocenters. The Labute approximate surface area is 254 Å². The van der Waals surface area contributed by atoms with Gasteiger partial charge in [-0.15, -0.1) is 11.8 Å². The number of nitrogens with one attached hydrogen (secondary N) is 1. The molecule has 0 aliphatic carbocycles. The van der Waals surface area contributed by atoms with Crippen LogP contribution in [-0.2, 0) is 21.6 Å². The number of nitrogens with zero attached hydrogens (tertiary/aromatic N) is 2. The van der Waals surface area contributed by atoms with Crippen molar-refractivity contribution in [3.63, 3.8) is 0 Å². The summed E-state index contributed by atoms with van der Waals surface area (Å²) in [4.78, 5) is 17.6. The van der Waals surface area contributed by atoms with E-state index in [1.807, 2.05) is 12.1 Å². The average molecular weight is 654 g/mol. The molecular formula is C28H26F3N3O6S3. The predicted octanol–water partition coefficient (Wildman–Crippen LogP) is 5.51. The summed E-state index contributed by atoms with van der Waals surface area (Å²) >= 11 is 2.54. The van der Waals surface area contributed by atoms with Gasteiger partial charge in [0.05, 0.1) is 31.9 Å². The number of methoxy groups -OCH3 is 2. The van der Waals surface area contributed by atoms with Gasteiger partial charge in [-0.05, 0) is 54.6 Å². The molecule has 9 nitrogen and oxygen atoms in total. The second-order valence-electron chi connectivity index (χ2n) is 8.90. The zero-order chi connectivity index (χ0) is 31.1. The number of hydrogen-bond acceptors (Lipinski definition) is 8. The fourth-order valence-electron chi connectivity index (χ4n) is 3.91. The SMILES string of the molecule is COc1ccc(SCc2cnc(SCc3c(F)cc(C(=O)NCCS(=O)(=O)O)cc3F)n2-c2ccc(F)cc2)cc1OC. The molecule has 0 atom stereocenters. The van der Waals surface area contributed by atoms with Gasteiger partial charge in [-0.3, -0.25) is 13.9 Å². The molecule has 1 heterocycles. The van der Waals surface area contributed by atoms with Gasteiger partial charge in [-0.25, -0.2) is 18.2 Å². The van der Waals surface area contributed by atoms with Crippen LogP contribution in [0, 0.1) is 17.5 Å². The molecule has 0 aliphatic heterocycles. The Morgan fingerprint density at radius 2 is 1.63 bits per heavy atom. The Hall–Kier alpha value is -3.66. The van der Waals surface area contributed by atoms with Crippen molar-refractivity contribution in [2.45, 2.75) is 21.6 Å². The van der Waals surface area contributed by atoms with Crippen LogP contribution < -0.4 is 14.8 Å². The van der Waals surface area contributed by atoms with Gasteiger partial charge in [-0.2, -0.15) is 8.42 Å². The van der Waals surface area contributed by atoms with Gasteiger partial charge in [0.2, 0.25) is 0 Å². The number of rotatable bonds is 13. The van der Waals surface area contributed by atoms with Crippen LogP contribution in [0.4, 0.5) is 13.2 Å². The van der Waals surface area contributed by atoms with E-state index in [0.29, 0.717) is 28.1 Å². The summed E-state index contributed by atoms with van der Waals surface area (Å²) in [5.41, 5.74) is 0.699. The number of carbonyl (C=O) groups excluding carboxylic acids is 1. The molecule has 228 valence electrons. The first kappa shape index (κ1) is 32.3. The standard InChI is InChI=1S/C28H26F3N3O6S3/c1-39-25-8-7-21(13-26(25)40-2)41-15-20-14-33-28(34(20)19-5-3-18(29)4-6-19)42-16-22-23(30)11-17(12-24(22)31)27(35)32-9-10-43(36,37)38/h3-8,11-14H,9-10,15-16H2,1-2H3,(H,32,35)(H,36,37,38). The number of hydrogen-bond donors (Lipinski definition) is 2. The van der Waals surface area contributed by atoms with Crippen LogP contribution in [0.2, 0.25) is 0 Å². The van der Waals surface area contributed by atoms with Gasteiger partial charge in [-0.1, -0.05) is 11.8 Å². The first-order chi connectivity index (χ1) is 20.5. The minimum atomic E-state index is -4.31.